The lowest BCUT2D eigenvalue weighted by molar-refractivity contribution is -0.134. The first-order chi connectivity index (χ1) is 7.11. The Morgan fingerprint density at radius 1 is 1.07 bits per heavy atom. The van der Waals surface area contributed by atoms with Gasteiger partial charge >= 0.3 is 0 Å². The number of aliphatic hydroxyl groups excluding tert-OH is 3. The van der Waals surface area contributed by atoms with Gasteiger partial charge in [0.25, 0.3) is 0 Å². The van der Waals surface area contributed by atoms with Crippen LogP contribution in [0.25, 0.3) is 0 Å². The Bertz CT molecular complexity index is 209. The normalized spacial score (nSPS) is 11.9. The van der Waals surface area contributed by atoms with Gasteiger partial charge in [-0.15, -0.1) is 0 Å². The van der Waals surface area contributed by atoms with Crippen molar-refractivity contribution in [3.05, 3.63) is 0 Å². The van der Waals surface area contributed by atoms with Crippen molar-refractivity contribution in [1.29, 1.82) is 0 Å². The zero-order chi connectivity index (χ0) is 11.7. The van der Waals surface area contributed by atoms with Gasteiger partial charge in [-0.25, -0.2) is 0 Å². The lowest BCUT2D eigenvalue weighted by Crippen LogP contribution is -2.39. The smallest absolute Gasteiger partial charge is 0.249 e. The predicted molar refractivity (Wildman–Crippen MR) is 50.8 cm³/mol. The van der Waals surface area contributed by atoms with Gasteiger partial charge in [0.1, 0.15) is 6.10 Å². The van der Waals surface area contributed by atoms with Gasteiger partial charge in [-0.2, -0.15) is 0 Å². The highest BCUT2D eigenvalue weighted by Crippen LogP contribution is 1.91. The van der Waals surface area contributed by atoms with Crippen LogP contribution in [-0.2, 0) is 9.59 Å². The molecule has 0 radical (unpaired) electrons. The van der Waals surface area contributed by atoms with E-state index in [0.717, 1.165) is 0 Å². The minimum absolute atomic E-state index is 0.0359. The number of nitrogens with one attached hydrogen (secondary N) is 2. The first-order valence-electron chi connectivity index (χ1n) is 4.56. The van der Waals surface area contributed by atoms with Crippen molar-refractivity contribution in [3.63, 3.8) is 0 Å². The zero-order valence-electron chi connectivity index (χ0n) is 8.27. The van der Waals surface area contributed by atoms with E-state index in [1.54, 1.807) is 0 Å². The van der Waals surface area contributed by atoms with Crippen LogP contribution in [0.15, 0.2) is 0 Å². The molecular weight excluding hydrogens is 204 g/mol. The Morgan fingerprint density at radius 2 is 1.60 bits per heavy atom. The van der Waals surface area contributed by atoms with Crippen molar-refractivity contribution in [2.75, 3.05) is 26.3 Å². The number of carbonyl (C=O) groups is 2. The van der Waals surface area contributed by atoms with Crippen LogP contribution in [0.4, 0.5) is 0 Å². The molecule has 0 heterocycles. The molecule has 0 aromatic heterocycles. The van der Waals surface area contributed by atoms with Gasteiger partial charge in [0, 0.05) is 13.1 Å². The molecule has 0 saturated heterocycles. The van der Waals surface area contributed by atoms with Crippen LogP contribution in [0, 0.1) is 0 Å². The third-order valence-electron chi connectivity index (χ3n) is 1.53. The number of aliphatic hydroxyl groups is 3. The van der Waals surface area contributed by atoms with Gasteiger partial charge < -0.3 is 26.0 Å². The van der Waals surface area contributed by atoms with E-state index in [0.29, 0.717) is 0 Å². The summed E-state index contributed by atoms with van der Waals surface area (Å²) < 4.78 is 0. The van der Waals surface area contributed by atoms with Crippen LogP contribution in [0.1, 0.15) is 6.42 Å². The third-order valence-corrected chi connectivity index (χ3v) is 1.53. The summed E-state index contributed by atoms with van der Waals surface area (Å²) in [6, 6.07) is 0. The van der Waals surface area contributed by atoms with E-state index in [1.807, 2.05) is 0 Å². The Kier molecular flexibility index (Phi) is 7.51. The van der Waals surface area contributed by atoms with Crippen molar-refractivity contribution in [2.45, 2.75) is 12.5 Å². The molecule has 0 aromatic carbocycles. The molecule has 0 aliphatic carbocycles. The van der Waals surface area contributed by atoms with E-state index in [4.69, 9.17) is 10.2 Å². The maximum Gasteiger partial charge on any atom is 0.249 e. The summed E-state index contributed by atoms with van der Waals surface area (Å²) in [6.07, 6.45) is -1.80. The average molecular weight is 220 g/mol. The summed E-state index contributed by atoms with van der Waals surface area (Å²) in [7, 11) is 0. The number of rotatable bonds is 7. The van der Waals surface area contributed by atoms with Crippen LogP contribution in [0.3, 0.4) is 0 Å². The molecule has 7 heteroatoms. The average Bonchev–Trinajstić information content (AvgIpc) is 2.22. The molecule has 0 aliphatic heterocycles. The van der Waals surface area contributed by atoms with Crippen molar-refractivity contribution in [2.24, 2.45) is 0 Å². The minimum atomic E-state index is -1.43. The van der Waals surface area contributed by atoms with E-state index in [2.05, 4.69) is 10.6 Å². The maximum absolute atomic E-state index is 11.0. The second-order valence-electron chi connectivity index (χ2n) is 2.81. The zero-order valence-corrected chi connectivity index (χ0v) is 8.27. The van der Waals surface area contributed by atoms with Crippen LogP contribution in [0.5, 0.6) is 0 Å². The van der Waals surface area contributed by atoms with Gasteiger partial charge in [0.15, 0.2) is 0 Å². The molecule has 88 valence electrons. The maximum atomic E-state index is 11.0. The fraction of sp³-hybridized carbons (Fsp3) is 0.750. The highest BCUT2D eigenvalue weighted by Gasteiger charge is 2.17. The molecule has 0 rings (SSSR count). The van der Waals surface area contributed by atoms with Crippen LogP contribution < -0.4 is 10.6 Å². The molecule has 0 bridgehead atoms. The molecule has 1 atom stereocenters. The highest BCUT2D eigenvalue weighted by atomic mass is 16.3. The predicted octanol–water partition coefficient (Wildman–Crippen LogP) is -3.05. The molecule has 0 saturated carbocycles. The van der Waals surface area contributed by atoms with Crippen LogP contribution in [-0.4, -0.2) is 59.5 Å². The van der Waals surface area contributed by atoms with Crippen molar-refractivity contribution >= 4 is 11.8 Å². The van der Waals surface area contributed by atoms with Crippen molar-refractivity contribution < 1.29 is 24.9 Å². The summed E-state index contributed by atoms with van der Waals surface area (Å²) in [5.74, 6) is -1.22. The number of amides is 2. The fourth-order valence-corrected chi connectivity index (χ4v) is 0.833. The van der Waals surface area contributed by atoms with Gasteiger partial charge in [-0.3, -0.25) is 9.59 Å². The van der Waals surface area contributed by atoms with E-state index in [1.165, 1.54) is 0 Å². The number of carbonyl (C=O) groups excluding carboxylic acids is 2. The van der Waals surface area contributed by atoms with E-state index in [-0.39, 0.29) is 32.7 Å². The SMILES string of the molecule is O=C(C[C@@H](O)C(=O)NCCO)NCCO. The van der Waals surface area contributed by atoms with Crippen molar-refractivity contribution in [3.8, 4) is 0 Å². The molecule has 0 aromatic rings. The van der Waals surface area contributed by atoms with Gasteiger partial charge in [0.2, 0.25) is 11.8 Å². The highest BCUT2D eigenvalue weighted by molar-refractivity contribution is 5.87. The molecule has 0 fully saturated rings. The van der Waals surface area contributed by atoms with Gasteiger partial charge in [0.05, 0.1) is 19.6 Å². The topological polar surface area (TPSA) is 119 Å². The number of hydrogen-bond donors (Lipinski definition) is 5. The third kappa shape index (κ3) is 6.83. The Morgan fingerprint density at radius 3 is 2.13 bits per heavy atom. The second kappa shape index (κ2) is 8.16. The molecule has 7 nitrogen and oxygen atoms in total. The molecular formula is C8H16N2O5. The molecule has 15 heavy (non-hydrogen) atoms. The van der Waals surface area contributed by atoms with Gasteiger partial charge in [-0.05, 0) is 0 Å². The minimum Gasteiger partial charge on any atom is -0.395 e. The summed E-state index contributed by atoms with van der Waals surface area (Å²) in [6.45, 7) is -0.300. The largest absolute Gasteiger partial charge is 0.395 e. The van der Waals surface area contributed by atoms with Crippen LogP contribution >= 0.6 is 0 Å². The first kappa shape index (κ1) is 13.8. The molecule has 5 N–H and O–H groups in total. The fourth-order valence-electron chi connectivity index (χ4n) is 0.833. The first-order valence-corrected chi connectivity index (χ1v) is 4.56. The Labute approximate surface area is 87.1 Å². The van der Waals surface area contributed by atoms with E-state index >= 15 is 0 Å². The Hall–Kier alpha value is -1.18. The lowest BCUT2D eigenvalue weighted by atomic mass is 10.2. The second-order valence-corrected chi connectivity index (χ2v) is 2.81. The monoisotopic (exact) mass is 220 g/mol. The molecule has 0 aliphatic rings. The summed E-state index contributed by atoms with van der Waals surface area (Å²) in [5, 5.41) is 30.5. The molecule has 0 spiro atoms. The quantitative estimate of drug-likeness (QED) is 0.312. The van der Waals surface area contributed by atoms with Gasteiger partial charge in [-0.1, -0.05) is 0 Å². The standard InChI is InChI=1S/C8H16N2O5/c11-3-1-9-7(14)5-6(13)8(15)10-2-4-12/h6,11-13H,1-5H2,(H,9,14)(H,10,15)/t6-/m1/s1. The molecule has 0 unspecified atom stereocenters. The molecule has 2 amide bonds. The van der Waals surface area contributed by atoms with Crippen LogP contribution in [0.2, 0.25) is 0 Å². The van der Waals surface area contributed by atoms with Crippen molar-refractivity contribution in [1.82, 2.24) is 10.6 Å². The summed E-state index contributed by atoms with van der Waals surface area (Å²) >= 11 is 0. The van der Waals surface area contributed by atoms with E-state index in [9.17, 15) is 14.7 Å². The lowest BCUT2D eigenvalue weighted by Gasteiger charge is -2.10. The van der Waals surface area contributed by atoms with E-state index < -0.39 is 17.9 Å². The Balaban J connectivity index is 3.75. The summed E-state index contributed by atoms with van der Waals surface area (Å²) in [5.41, 5.74) is 0. The summed E-state index contributed by atoms with van der Waals surface area (Å²) in [4.78, 5) is 22.0. The number of hydrogen-bond acceptors (Lipinski definition) is 5.